The summed E-state index contributed by atoms with van der Waals surface area (Å²) in [5.41, 5.74) is 1.39. The first-order chi connectivity index (χ1) is 8.47. The van der Waals surface area contributed by atoms with Gasteiger partial charge in [0.1, 0.15) is 0 Å². The lowest BCUT2D eigenvalue weighted by Gasteiger charge is -2.35. The number of nitrogens with zero attached hydrogens (tertiary/aromatic N) is 1. The molecular formula is C15H25BrN2. The molecule has 1 aromatic rings. The molecule has 0 aliphatic heterocycles. The average molecular weight is 313 g/mol. The van der Waals surface area contributed by atoms with Crippen molar-refractivity contribution in [2.45, 2.75) is 19.9 Å². The van der Waals surface area contributed by atoms with E-state index >= 15 is 0 Å². The van der Waals surface area contributed by atoms with Crippen LogP contribution >= 0.6 is 15.9 Å². The predicted octanol–water partition coefficient (Wildman–Crippen LogP) is 3.54. The van der Waals surface area contributed by atoms with Gasteiger partial charge in [-0.05, 0) is 57.2 Å². The molecule has 1 N–H and O–H groups in total. The Hall–Kier alpha value is -0.380. The summed E-state index contributed by atoms with van der Waals surface area (Å²) in [5.74, 6) is 1.25. The van der Waals surface area contributed by atoms with E-state index < -0.39 is 0 Å². The summed E-state index contributed by atoms with van der Waals surface area (Å²) in [4.78, 5) is 2.32. The van der Waals surface area contributed by atoms with E-state index in [2.05, 4.69) is 78.4 Å². The van der Waals surface area contributed by atoms with E-state index in [-0.39, 0.29) is 0 Å². The number of hydrogen-bond acceptors (Lipinski definition) is 2. The summed E-state index contributed by atoms with van der Waals surface area (Å²) in [6.45, 7) is 5.64. The Morgan fingerprint density at radius 2 is 1.72 bits per heavy atom. The van der Waals surface area contributed by atoms with Crippen LogP contribution in [0, 0.1) is 11.8 Å². The second kappa shape index (κ2) is 7.27. The van der Waals surface area contributed by atoms with Gasteiger partial charge in [0.2, 0.25) is 0 Å². The third-order valence-electron chi connectivity index (χ3n) is 3.47. The molecule has 0 aliphatic carbocycles. The summed E-state index contributed by atoms with van der Waals surface area (Å²) in [5, 5.41) is 3.33. The third kappa shape index (κ3) is 4.08. The van der Waals surface area contributed by atoms with Crippen molar-refractivity contribution >= 4 is 15.9 Å². The lowest BCUT2D eigenvalue weighted by molar-refractivity contribution is 0.169. The van der Waals surface area contributed by atoms with Crippen molar-refractivity contribution < 1.29 is 0 Å². The molecule has 0 saturated carbocycles. The molecule has 0 aromatic heterocycles. The quantitative estimate of drug-likeness (QED) is 0.864. The molecule has 102 valence electrons. The molecule has 0 heterocycles. The Balaban J connectivity index is 3.03. The van der Waals surface area contributed by atoms with Gasteiger partial charge in [-0.15, -0.1) is 0 Å². The van der Waals surface area contributed by atoms with Crippen LogP contribution < -0.4 is 5.32 Å². The summed E-state index contributed by atoms with van der Waals surface area (Å²) < 4.78 is 1.14. The molecule has 0 fully saturated rings. The van der Waals surface area contributed by atoms with Gasteiger partial charge in [0, 0.05) is 10.5 Å². The van der Waals surface area contributed by atoms with Gasteiger partial charge >= 0.3 is 0 Å². The van der Waals surface area contributed by atoms with Crippen LogP contribution in [0.15, 0.2) is 28.7 Å². The molecule has 1 rings (SSSR count). The third-order valence-corrected chi connectivity index (χ3v) is 4.00. The van der Waals surface area contributed by atoms with Gasteiger partial charge in [-0.25, -0.2) is 0 Å². The molecular weight excluding hydrogens is 288 g/mol. The molecule has 0 aliphatic rings. The minimum absolute atomic E-state index is 0.450. The maximum Gasteiger partial charge on any atom is 0.0384 e. The Labute approximate surface area is 120 Å². The van der Waals surface area contributed by atoms with Gasteiger partial charge in [-0.2, -0.15) is 0 Å². The fraction of sp³-hybridized carbons (Fsp3) is 0.600. The van der Waals surface area contributed by atoms with E-state index in [1.54, 1.807) is 0 Å². The Kier molecular flexibility index (Phi) is 6.33. The summed E-state index contributed by atoms with van der Waals surface area (Å²) >= 11 is 3.50. The van der Waals surface area contributed by atoms with Crippen molar-refractivity contribution in [3.63, 3.8) is 0 Å². The van der Waals surface area contributed by atoms with Crippen LogP contribution in [0.4, 0.5) is 0 Å². The van der Waals surface area contributed by atoms with Crippen molar-refractivity contribution in [3.05, 3.63) is 34.3 Å². The van der Waals surface area contributed by atoms with Crippen molar-refractivity contribution in [2.75, 3.05) is 27.7 Å². The first-order valence-corrected chi connectivity index (χ1v) is 7.33. The van der Waals surface area contributed by atoms with Crippen molar-refractivity contribution in [1.29, 1.82) is 0 Å². The molecule has 0 bridgehead atoms. The molecule has 0 saturated heterocycles. The predicted molar refractivity (Wildman–Crippen MR) is 82.8 cm³/mol. The van der Waals surface area contributed by atoms with E-state index in [1.807, 2.05) is 7.05 Å². The van der Waals surface area contributed by atoms with Gasteiger partial charge in [-0.3, -0.25) is 0 Å². The zero-order chi connectivity index (χ0) is 13.7. The molecule has 2 unspecified atom stereocenters. The van der Waals surface area contributed by atoms with Crippen LogP contribution in [0.1, 0.15) is 25.5 Å². The first kappa shape index (κ1) is 15.7. The number of benzene rings is 1. The topological polar surface area (TPSA) is 15.3 Å². The Bertz CT molecular complexity index is 346. The highest BCUT2D eigenvalue weighted by Crippen LogP contribution is 2.32. The van der Waals surface area contributed by atoms with Crippen LogP contribution in [-0.4, -0.2) is 32.6 Å². The number of nitrogens with one attached hydrogen (secondary N) is 1. The Morgan fingerprint density at radius 1 is 1.17 bits per heavy atom. The minimum Gasteiger partial charge on any atom is -0.319 e. The van der Waals surface area contributed by atoms with Crippen molar-refractivity contribution in [1.82, 2.24) is 10.2 Å². The molecule has 2 nitrogen and oxygen atoms in total. The van der Waals surface area contributed by atoms with Gasteiger partial charge < -0.3 is 10.2 Å². The highest BCUT2D eigenvalue weighted by Gasteiger charge is 2.27. The minimum atomic E-state index is 0.450. The van der Waals surface area contributed by atoms with E-state index in [9.17, 15) is 0 Å². The Morgan fingerprint density at radius 3 is 2.11 bits per heavy atom. The maximum atomic E-state index is 3.50. The van der Waals surface area contributed by atoms with E-state index in [0.29, 0.717) is 17.9 Å². The van der Waals surface area contributed by atoms with E-state index in [1.165, 1.54) is 5.56 Å². The van der Waals surface area contributed by atoms with Crippen LogP contribution in [0.25, 0.3) is 0 Å². The molecule has 18 heavy (non-hydrogen) atoms. The average Bonchev–Trinajstić information content (AvgIpc) is 2.30. The molecule has 0 spiro atoms. The zero-order valence-corrected chi connectivity index (χ0v) is 13.7. The molecule has 0 amide bonds. The molecule has 0 radical (unpaired) electrons. The standard InChI is InChI=1S/C15H25BrN2/c1-11(2)14(10-17-3)15(18(4)5)12-6-8-13(16)9-7-12/h6-9,11,14-15,17H,10H2,1-5H3. The zero-order valence-electron chi connectivity index (χ0n) is 12.1. The molecule has 2 atom stereocenters. The monoisotopic (exact) mass is 312 g/mol. The smallest absolute Gasteiger partial charge is 0.0384 e. The second-order valence-corrected chi connectivity index (χ2v) is 6.34. The van der Waals surface area contributed by atoms with Gasteiger partial charge in [-0.1, -0.05) is 41.9 Å². The fourth-order valence-electron chi connectivity index (χ4n) is 2.54. The number of rotatable bonds is 6. The SMILES string of the molecule is CNCC(C(C)C)C(c1ccc(Br)cc1)N(C)C. The van der Waals surface area contributed by atoms with Gasteiger partial charge in [0.15, 0.2) is 0 Å². The summed E-state index contributed by atoms with van der Waals surface area (Å²) in [7, 11) is 6.36. The largest absolute Gasteiger partial charge is 0.319 e. The first-order valence-electron chi connectivity index (χ1n) is 6.53. The lowest BCUT2D eigenvalue weighted by Crippen LogP contribution is -2.36. The van der Waals surface area contributed by atoms with E-state index in [0.717, 1.165) is 11.0 Å². The summed E-state index contributed by atoms with van der Waals surface area (Å²) in [6.07, 6.45) is 0. The highest BCUT2D eigenvalue weighted by molar-refractivity contribution is 9.10. The van der Waals surface area contributed by atoms with E-state index in [4.69, 9.17) is 0 Å². The highest BCUT2D eigenvalue weighted by atomic mass is 79.9. The second-order valence-electron chi connectivity index (χ2n) is 5.43. The molecule has 1 aromatic carbocycles. The number of halogens is 1. The van der Waals surface area contributed by atoms with Crippen LogP contribution in [-0.2, 0) is 0 Å². The van der Waals surface area contributed by atoms with Crippen molar-refractivity contribution in [2.24, 2.45) is 11.8 Å². The molecule has 3 heteroatoms. The van der Waals surface area contributed by atoms with Crippen LogP contribution in [0.5, 0.6) is 0 Å². The van der Waals surface area contributed by atoms with Gasteiger partial charge in [0.25, 0.3) is 0 Å². The normalized spacial score (nSPS) is 15.1. The maximum absolute atomic E-state index is 3.50. The summed E-state index contributed by atoms with van der Waals surface area (Å²) in [6, 6.07) is 9.15. The lowest BCUT2D eigenvalue weighted by atomic mass is 9.83. The van der Waals surface area contributed by atoms with Crippen molar-refractivity contribution in [3.8, 4) is 0 Å². The van der Waals surface area contributed by atoms with Gasteiger partial charge in [0.05, 0.1) is 0 Å². The van der Waals surface area contributed by atoms with Crippen LogP contribution in [0.2, 0.25) is 0 Å². The van der Waals surface area contributed by atoms with Crippen LogP contribution in [0.3, 0.4) is 0 Å². The number of hydrogen-bond donors (Lipinski definition) is 1. The fourth-order valence-corrected chi connectivity index (χ4v) is 2.80.